The van der Waals surface area contributed by atoms with Crippen LogP contribution in [0.3, 0.4) is 0 Å². The summed E-state index contributed by atoms with van der Waals surface area (Å²) >= 11 is 0. The Labute approximate surface area is 166 Å². The number of nitrogens with two attached hydrogens (primary N) is 1. The summed E-state index contributed by atoms with van der Waals surface area (Å²) in [7, 11) is 0. The van der Waals surface area contributed by atoms with E-state index in [1.807, 2.05) is 24.3 Å². The van der Waals surface area contributed by atoms with Crippen molar-refractivity contribution in [1.29, 1.82) is 0 Å². The van der Waals surface area contributed by atoms with Crippen LogP contribution in [0.15, 0.2) is 60.1 Å². The molecule has 2 aromatic carbocycles. The fourth-order valence-electron chi connectivity index (χ4n) is 2.93. The van der Waals surface area contributed by atoms with Crippen LogP contribution in [0.1, 0.15) is 23.1 Å². The van der Waals surface area contributed by atoms with Gasteiger partial charge in [0.2, 0.25) is 0 Å². The van der Waals surface area contributed by atoms with Gasteiger partial charge in [-0.3, -0.25) is 0 Å². The van der Waals surface area contributed by atoms with Gasteiger partial charge in [0, 0.05) is 11.3 Å². The number of rotatable bonds is 6. The number of anilines is 1. The zero-order valence-electron chi connectivity index (χ0n) is 14.2. The van der Waals surface area contributed by atoms with Gasteiger partial charge in [0.1, 0.15) is 12.4 Å². The van der Waals surface area contributed by atoms with Crippen LogP contribution in [0, 0.1) is 0 Å². The predicted octanol–water partition coefficient (Wildman–Crippen LogP) is 4.28. The monoisotopic (exact) mass is 449 g/mol. The van der Waals surface area contributed by atoms with Crippen LogP contribution in [0.4, 0.5) is 5.69 Å². The number of halogens is 1. The lowest BCUT2D eigenvalue weighted by atomic mass is 10.1. The second-order valence-corrected chi connectivity index (χ2v) is 5.87. The van der Waals surface area contributed by atoms with Gasteiger partial charge in [0.15, 0.2) is 5.96 Å². The van der Waals surface area contributed by atoms with Gasteiger partial charge in [0.05, 0.1) is 6.54 Å². The summed E-state index contributed by atoms with van der Waals surface area (Å²) in [6.07, 6.45) is 5.30. The maximum atomic E-state index is 6.03. The average Bonchev–Trinajstić information content (AvgIpc) is 3.06. The minimum atomic E-state index is 0. The molecule has 1 aliphatic rings. The van der Waals surface area contributed by atoms with Crippen LogP contribution >= 0.6 is 24.0 Å². The largest absolute Gasteiger partial charge is 0.489 e. The molecule has 132 valence electrons. The fraction of sp³-hybridized carbons (Fsp3) is 0.250. The Morgan fingerprint density at radius 3 is 2.84 bits per heavy atom. The van der Waals surface area contributed by atoms with Gasteiger partial charge in [-0.2, -0.15) is 0 Å². The van der Waals surface area contributed by atoms with Crippen molar-refractivity contribution in [2.75, 3.05) is 11.9 Å². The third kappa shape index (κ3) is 5.22. The quantitative estimate of drug-likeness (QED) is 0.300. The smallest absolute Gasteiger partial charge is 0.193 e. The van der Waals surface area contributed by atoms with E-state index in [0.29, 0.717) is 19.1 Å². The maximum Gasteiger partial charge on any atom is 0.193 e. The average molecular weight is 449 g/mol. The number of para-hydroxylation sites is 1. The summed E-state index contributed by atoms with van der Waals surface area (Å²) < 4.78 is 5.64. The Morgan fingerprint density at radius 1 is 1.20 bits per heavy atom. The topological polar surface area (TPSA) is 59.6 Å². The Hall–Kier alpha value is -2.02. The van der Waals surface area contributed by atoms with Crippen LogP contribution in [-0.2, 0) is 19.4 Å². The fourth-order valence-corrected chi connectivity index (χ4v) is 2.93. The number of nitrogens with zero attached hydrogens (tertiary/aromatic N) is 1. The highest BCUT2D eigenvalue weighted by Crippen LogP contribution is 2.25. The van der Waals surface area contributed by atoms with Crippen molar-refractivity contribution in [3.05, 3.63) is 71.8 Å². The third-order valence-electron chi connectivity index (χ3n) is 4.12. The van der Waals surface area contributed by atoms with Gasteiger partial charge in [-0.25, -0.2) is 4.99 Å². The number of guanidine groups is 1. The van der Waals surface area contributed by atoms with E-state index in [-0.39, 0.29) is 24.0 Å². The minimum Gasteiger partial charge on any atom is -0.489 e. The highest BCUT2D eigenvalue weighted by atomic mass is 127. The van der Waals surface area contributed by atoms with Gasteiger partial charge in [-0.1, -0.05) is 36.9 Å². The molecule has 0 fully saturated rings. The van der Waals surface area contributed by atoms with E-state index >= 15 is 0 Å². The molecule has 3 N–H and O–H groups in total. The molecule has 5 heteroatoms. The van der Waals surface area contributed by atoms with Crippen LogP contribution < -0.4 is 15.8 Å². The molecule has 0 heterocycles. The van der Waals surface area contributed by atoms with E-state index in [1.54, 1.807) is 6.08 Å². The molecule has 4 nitrogen and oxygen atoms in total. The second kappa shape index (κ2) is 9.46. The molecule has 1 aliphatic carbocycles. The molecule has 0 saturated carbocycles. The first-order chi connectivity index (χ1) is 11.8. The summed E-state index contributed by atoms with van der Waals surface area (Å²) in [4.78, 5) is 4.43. The molecule has 0 aliphatic heterocycles. The van der Waals surface area contributed by atoms with Crippen molar-refractivity contribution < 1.29 is 4.74 Å². The number of aliphatic imine (C=N–C) groups is 1. The highest BCUT2D eigenvalue weighted by Gasteiger charge is 2.11. The summed E-state index contributed by atoms with van der Waals surface area (Å²) in [6.45, 7) is 4.61. The van der Waals surface area contributed by atoms with E-state index in [1.165, 1.54) is 24.0 Å². The molecular weight excluding hydrogens is 425 g/mol. The molecule has 0 amide bonds. The zero-order chi connectivity index (χ0) is 16.8. The molecule has 0 radical (unpaired) electrons. The number of hydrogen-bond donors (Lipinski definition) is 2. The first-order valence-corrected chi connectivity index (χ1v) is 8.26. The van der Waals surface area contributed by atoms with Crippen LogP contribution in [0.5, 0.6) is 5.75 Å². The molecular formula is C20H24IN3O. The number of hydrogen-bond acceptors (Lipinski definition) is 2. The van der Waals surface area contributed by atoms with Gasteiger partial charge in [-0.05, 0) is 48.6 Å². The maximum absolute atomic E-state index is 6.03. The molecule has 3 rings (SSSR count). The van der Waals surface area contributed by atoms with Gasteiger partial charge >= 0.3 is 0 Å². The number of benzene rings is 2. The molecule has 2 aromatic rings. The van der Waals surface area contributed by atoms with Gasteiger partial charge in [0.25, 0.3) is 0 Å². The van der Waals surface area contributed by atoms with Crippen molar-refractivity contribution in [3.63, 3.8) is 0 Å². The Kier molecular flexibility index (Phi) is 7.31. The third-order valence-corrected chi connectivity index (χ3v) is 4.12. The number of aryl methyl sites for hydroxylation is 2. The lowest BCUT2D eigenvalue weighted by Crippen LogP contribution is -2.22. The molecule has 0 unspecified atom stereocenters. The molecule has 25 heavy (non-hydrogen) atoms. The zero-order valence-corrected chi connectivity index (χ0v) is 16.5. The standard InChI is InChI=1S/C20H23N3O.HI/c1-2-12-24-19-9-4-3-6-17(19)14-22-20(21)23-18-11-10-15-7-5-8-16(15)13-18;/h2-4,6,9-11,13H,1,5,7-8,12,14H2,(H3,21,22,23);1H. The number of nitrogens with one attached hydrogen (secondary N) is 1. The molecule has 0 atom stereocenters. The second-order valence-electron chi connectivity index (χ2n) is 5.87. The Morgan fingerprint density at radius 2 is 2.00 bits per heavy atom. The summed E-state index contributed by atoms with van der Waals surface area (Å²) in [5.41, 5.74) is 10.9. The van der Waals surface area contributed by atoms with Gasteiger partial charge in [-0.15, -0.1) is 24.0 Å². The first kappa shape index (κ1) is 19.3. The number of ether oxygens (including phenoxy) is 1. The van der Waals surface area contributed by atoms with Crippen LogP contribution in [0.2, 0.25) is 0 Å². The van der Waals surface area contributed by atoms with E-state index in [9.17, 15) is 0 Å². The SMILES string of the molecule is C=CCOc1ccccc1CN=C(N)Nc1ccc2c(c1)CCC2.I. The lowest BCUT2D eigenvalue weighted by Gasteiger charge is -2.10. The van der Waals surface area contributed by atoms with Gasteiger partial charge < -0.3 is 15.8 Å². The highest BCUT2D eigenvalue weighted by molar-refractivity contribution is 14.0. The van der Waals surface area contributed by atoms with Crippen LogP contribution in [-0.4, -0.2) is 12.6 Å². The van der Waals surface area contributed by atoms with E-state index < -0.39 is 0 Å². The Bertz CT molecular complexity index is 758. The van der Waals surface area contributed by atoms with E-state index in [0.717, 1.165) is 23.4 Å². The van der Waals surface area contributed by atoms with Crippen LogP contribution in [0.25, 0.3) is 0 Å². The summed E-state index contributed by atoms with van der Waals surface area (Å²) in [5, 5.41) is 3.18. The summed E-state index contributed by atoms with van der Waals surface area (Å²) in [5.74, 6) is 1.22. The lowest BCUT2D eigenvalue weighted by molar-refractivity contribution is 0.359. The minimum absolute atomic E-state index is 0. The van der Waals surface area contributed by atoms with Crippen molar-refractivity contribution in [2.45, 2.75) is 25.8 Å². The van der Waals surface area contributed by atoms with Crippen molar-refractivity contribution in [1.82, 2.24) is 0 Å². The predicted molar refractivity (Wildman–Crippen MR) is 115 cm³/mol. The first-order valence-electron chi connectivity index (χ1n) is 8.26. The Balaban J connectivity index is 0.00000225. The van der Waals surface area contributed by atoms with E-state index in [2.05, 4.69) is 35.1 Å². The van der Waals surface area contributed by atoms with Crippen molar-refractivity contribution >= 4 is 35.6 Å². The van der Waals surface area contributed by atoms with Crippen molar-refractivity contribution in [2.24, 2.45) is 10.7 Å². The summed E-state index contributed by atoms with van der Waals surface area (Å²) in [6, 6.07) is 14.2. The normalized spacial score (nSPS) is 12.9. The molecule has 0 aromatic heterocycles. The molecule has 0 bridgehead atoms. The van der Waals surface area contributed by atoms with Crippen molar-refractivity contribution in [3.8, 4) is 5.75 Å². The molecule has 0 spiro atoms. The number of fused-ring (bicyclic) bond motifs is 1. The molecule has 0 saturated heterocycles. The van der Waals surface area contributed by atoms with E-state index in [4.69, 9.17) is 10.5 Å².